The summed E-state index contributed by atoms with van der Waals surface area (Å²) >= 11 is 0. The van der Waals surface area contributed by atoms with Crippen LogP contribution in [0.1, 0.15) is 0 Å². The summed E-state index contributed by atoms with van der Waals surface area (Å²) in [4.78, 5) is 4.80. The number of hydrogen-bond donors (Lipinski definition) is 0. The van der Waals surface area contributed by atoms with E-state index in [1.807, 2.05) is 0 Å². The number of hydrogen-bond acceptors (Lipinski definition) is 2. The first-order chi connectivity index (χ1) is 22.8. The van der Waals surface area contributed by atoms with E-state index in [2.05, 4.69) is 192 Å². The summed E-state index contributed by atoms with van der Waals surface area (Å²) in [6, 6.07) is 65.6. The predicted molar refractivity (Wildman–Crippen MR) is 195 cm³/mol. The predicted octanol–water partition coefficient (Wildman–Crippen LogP) is 12.6. The Morgan fingerprint density at radius 3 is 1.85 bits per heavy atom. The first-order valence-electron chi connectivity index (χ1n) is 15.8. The molecule has 0 amide bonds. The number of rotatable bonds is 5. The molecule has 1 aliphatic heterocycles. The van der Waals surface area contributed by atoms with Crippen molar-refractivity contribution in [2.24, 2.45) is 0 Å². The number of benzene rings is 8. The maximum absolute atomic E-state index is 2.46. The van der Waals surface area contributed by atoms with Crippen LogP contribution in [0.15, 0.2) is 182 Å². The molecule has 1 aliphatic rings. The Bertz CT molecular complexity index is 2350. The van der Waals surface area contributed by atoms with Gasteiger partial charge in [0.2, 0.25) is 0 Å². The lowest BCUT2D eigenvalue weighted by Crippen LogP contribution is -2.16. The first kappa shape index (κ1) is 26.3. The van der Waals surface area contributed by atoms with Crippen LogP contribution in [0.3, 0.4) is 0 Å². The molecule has 0 radical (unpaired) electrons. The first-order valence-corrected chi connectivity index (χ1v) is 15.8. The van der Waals surface area contributed by atoms with E-state index in [-0.39, 0.29) is 0 Å². The van der Waals surface area contributed by atoms with Crippen LogP contribution >= 0.6 is 0 Å². The van der Waals surface area contributed by atoms with Crippen LogP contribution in [0.4, 0.5) is 34.1 Å². The van der Waals surface area contributed by atoms with E-state index < -0.39 is 0 Å². The van der Waals surface area contributed by atoms with E-state index in [0.717, 1.165) is 22.7 Å². The SMILES string of the molecule is c1ccc(-c2cccc(N(c3ccccc3)c3ccc(N4c5c(ccc6ccccc56)-c5cccc6cccc4c56)cc3)c2)cc1. The van der Waals surface area contributed by atoms with Crippen LogP contribution < -0.4 is 9.80 Å². The molecule has 0 fully saturated rings. The largest absolute Gasteiger partial charge is 0.310 e. The van der Waals surface area contributed by atoms with Gasteiger partial charge in [-0.3, -0.25) is 0 Å². The molecule has 8 aromatic rings. The Morgan fingerprint density at radius 1 is 0.391 bits per heavy atom. The number of anilines is 6. The van der Waals surface area contributed by atoms with Crippen molar-refractivity contribution < 1.29 is 0 Å². The fraction of sp³-hybridized carbons (Fsp3) is 0. The molecule has 46 heavy (non-hydrogen) atoms. The fourth-order valence-electron chi connectivity index (χ4n) is 7.06. The van der Waals surface area contributed by atoms with E-state index in [9.17, 15) is 0 Å². The van der Waals surface area contributed by atoms with Crippen molar-refractivity contribution >= 4 is 55.7 Å². The molecule has 2 heteroatoms. The highest BCUT2D eigenvalue weighted by atomic mass is 15.2. The van der Waals surface area contributed by atoms with Crippen molar-refractivity contribution in [1.29, 1.82) is 0 Å². The molecular formula is C44H30N2. The lowest BCUT2D eigenvalue weighted by atomic mass is 9.88. The third kappa shape index (κ3) is 4.27. The van der Waals surface area contributed by atoms with Gasteiger partial charge in [0.25, 0.3) is 0 Å². The molecule has 0 aliphatic carbocycles. The topological polar surface area (TPSA) is 6.48 Å². The summed E-state index contributed by atoms with van der Waals surface area (Å²) in [6.45, 7) is 0. The molecule has 0 atom stereocenters. The number of para-hydroxylation sites is 1. The summed E-state index contributed by atoms with van der Waals surface area (Å²) in [5.74, 6) is 0. The van der Waals surface area contributed by atoms with E-state index in [1.165, 1.54) is 55.2 Å². The van der Waals surface area contributed by atoms with Crippen LogP contribution in [0.25, 0.3) is 43.8 Å². The van der Waals surface area contributed by atoms with Gasteiger partial charge in [-0.1, -0.05) is 127 Å². The minimum atomic E-state index is 1.11. The molecule has 8 aromatic carbocycles. The Balaban J connectivity index is 1.21. The average Bonchev–Trinajstić information content (AvgIpc) is 3.13. The van der Waals surface area contributed by atoms with Gasteiger partial charge in [-0.05, 0) is 82.1 Å². The summed E-state index contributed by atoms with van der Waals surface area (Å²) in [5.41, 5.74) is 11.9. The van der Waals surface area contributed by atoms with Gasteiger partial charge in [0, 0.05) is 39.1 Å². The number of fused-ring (bicyclic) bond motifs is 4. The van der Waals surface area contributed by atoms with Gasteiger partial charge < -0.3 is 9.80 Å². The molecule has 1 heterocycles. The second-order valence-corrected chi connectivity index (χ2v) is 11.8. The molecule has 216 valence electrons. The van der Waals surface area contributed by atoms with Crippen LogP contribution in [-0.4, -0.2) is 0 Å². The average molecular weight is 587 g/mol. The third-order valence-corrected chi connectivity index (χ3v) is 9.13. The summed E-state index contributed by atoms with van der Waals surface area (Å²) in [6.07, 6.45) is 0. The van der Waals surface area contributed by atoms with E-state index in [0.29, 0.717) is 0 Å². The Morgan fingerprint density at radius 2 is 1.02 bits per heavy atom. The normalized spacial score (nSPS) is 11.9. The molecule has 0 saturated carbocycles. The minimum Gasteiger partial charge on any atom is -0.310 e. The lowest BCUT2D eigenvalue weighted by Gasteiger charge is -2.35. The van der Waals surface area contributed by atoms with Crippen molar-refractivity contribution in [2.45, 2.75) is 0 Å². The molecular weight excluding hydrogens is 556 g/mol. The molecule has 0 saturated heterocycles. The van der Waals surface area contributed by atoms with Crippen LogP contribution in [0.2, 0.25) is 0 Å². The minimum absolute atomic E-state index is 1.11. The molecule has 0 unspecified atom stereocenters. The van der Waals surface area contributed by atoms with Gasteiger partial charge in [0.05, 0.1) is 11.4 Å². The lowest BCUT2D eigenvalue weighted by molar-refractivity contribution is 1.26. The van der Waals surface area contributed by atoms with E-state index in [4.69, 9.17) is 0 Å². The zero-order valence-electron chi connectivity index (χ0n) is 25.2. The zero-order chi connectivity index (χ0) is 30.5. The smallest absolute Gasteiger partial charge is 0.0618 e. The molecule has 0 bridgehead atoms. The van der Waals surface area contributed by atoms with Gasteiger partial charge in [-0.15, -0.1) is 0 Å². The Labute approximate surface area is 269 Å². The molecule has 2 nitrogen and oxygen atoms in total. The maximum atomic E-state index is 2.46. The second kappa shape index (κ2) is 10.8. The summed E-state index contributed by atoms with van der Waals surface area (Å²) in [7, 11) is 0. The van der Waals surface area contributed by atoms with E-state index in [1.54, 1.807) is 0 Å². The van der Waals surface area contributed by atoms with Crippen molar-refractivity contribution in [1.82, 2.24) is 0 Å². The third-order valence-electron chi connectivity index (χ3n) is 9.13. The van der Waals surface area contributed by atoms with Gasteiger partial charge in [0.1, 0.15) is 0 Å². The Hall–Kier alpha value is -6.12. The van der Waals surface area contributed by atoms with Gasteiger partial charge in [0.15, 0.2) is 0 Å². The van der Waals surface area contributed by atoms with Gasteiger partial charge >= 0.3 is 0 Å². The van der Waals surface area contributed by atoms with Crippen LogP contribution in [-0.2, 0) is 0 Å². The van der Waals surface area contributed by atoms with Crippen LogP contribution in [0, 0.1) is 0 Å². The van der Waals surface area contributed by atoms with Crippen LogP contribution in [0.5, 0.6) is 0 Å². The maximum Gasteiger partial charge on any atom is 0.0618 e. The molecule has 0 N–H and O–H groups in total. The summed E-state index contributed by atoms with van der Waals surface area (Å²) in [5, 5.41) is 5.03. The second-order valence-electron chi connectivity index (χ2n) is 11.8. The van der Waals surface area contributed by atoms with Crippen molar-refractivity contribution in [3.63, 3.8) is 0 Å². The number of nitrogens with zero attached hydrogens (tertiary/aromatic N) is 2. The van der Waals surface area contributed by atoms with Gasteiger partial charge in [-0.25, -0.2) is 0 Å². The standard InChI is InChI=1S/C44H30N2/c1-3-12-31(13-4-1)34-17-9-20-38(30-34)45(35-18-5-2-6-19-35)36-25-27-37(28-26-36)46-42-23-11-16-33-15-10-22-40(43(33)42)41-29-24-32-14-7-8-21-39(32)44(41)46/h1-30H. The highest BCUT2D eigenvalue weighted by Gasteiger charge is 2.27. The highest BCUT2D eigenvalue weighted by molar-refractivity contribution is 6.18. The van der Waals surface area contributed by atoms with Crippen molar-refractivity contribution in [3.8, 4) is 22.3 Å². The fourth-order valence-corrected chi connectivity index (χ4v) is 7.06. The molecule has 0 spiro atoms. The zero-order valence-corrected chi connectivity index (χ0v) is 25.2. The highest BCUT2D eigenvalue weighted by Crippen LogP contribution is 2.53. The van der Waals surface area contributed by atoms with E-state index >= 15 is 0 Å². The summed E-state index contributed by atoms with van der Waals surface area (Å²) < 4.78 is 0. The van der Waals surface area contributed by atoms with Crippen molar-refractivity contribution in [3.05, 3.63) is 182 Å². The monoisotopic (exact) mass is 586 g/mol. The van der Waals surface area contributed by atoms with Gasteiger partial charge in [-0.2, -0.15) is 0 Å². The van der Waals surface area contributed by atoms with Crippen molar-refractivity contribution in [2.75, 3.05) is 9.80 Å². The molecule has 0 aromatic heterocycles. The quantitative estimate of drug-likeness (QED) is 0.198. The molecule has 9 rings (SSSR count). The Kier molecular flexibility index (Phi) is 6.17.